The highest BCUT2D eigenvalue weighted by atomic mass is 32.1. The lowest BCUT2D eigenvalue weighted by atomic mass is 10.1. The zero-order valence-electron chi connectivity index (χ0n) is 16.1. The number of thiazole rings is 1. The van der Waals surface area contributed by atoms with Crippen LogP contribution in [0.25, 0.3) is 16.2 Å². The number of hydrogen-bond acceptors (Lipinski definition) is 6. The third kappa shape index (κ3) is 4.09. The summed E-state index contributed by atoms with van der Waals surface area (Å²) in [5.74, 6) is -0.236. The summed E-state index contributed by atoms with van der Waals surface area (Å²) in [7, 11) is 0. The summed E-state index contributed by atoms with van der Waals surface area (Å²) in [4.78, 5) is 18.3. The average Bonchev–Trinajstić information content (AvgIpc) is 3.36. The molecular formula is C22H20N6OS. The number of rotatable bonds is 7. The molecule has 0 saturated carbocycles. The lowest BCUT2D eigenvalue weighted by molar-refractivity contribution is 0.102. The maximum Gasteiger partial charge on any atom is 0.255 e. The van der Waals surface area contributed by atoms with Gasteiger partial charge in [0.2, 0.25) is 0 Å². The van der Waals surface area contributed by atoms with E-state index >= 15 is 0 Å². The van der Waals surface area contributed by atoms with Crippen LogP contribution in [0.2, 0.25) is 0 Å². The molecule has 2 aromatic carbocycles. The maximum atomic E-state index is 12.7. The van der Waals surface area contributed by atoms with Crippen molar-refractivity contribution in [3.05, 3.63) is 76.9 Å². The summed E-state index contributed by atoms with van der Waals surface area (Å²) >= 11 is 1.57. The molecule has 0 atom stereocenters. The van der Waals surface area contributed by atoms with Gasteiger partial charge in [-0.15, -0.1) is 11.3 Å². The molecule has 4 aromatic rings. The second-order valence-electron chi connectivity index (χ2n) is 6.66. The van der Waals surface area contributed by atoms with Crippen LogP contribution < -0.4 is 16.4 Å². The van der Waals surface area contributed by atoms with Crippen molar-refractivity contribution in [2.24, 2.45) is 5.73 Å². The molecule has 0 aliphatic heterocycles. The van der Waals surface area contributed by atoms with Gasteiger partial charge in [-0.25, -0.2) is 4.98 Å². The van der Waals surface area contributed by atoms with Crippen LogP contribution in [-0.4, -0.2) is 28.4 Å². The normalized spacial score (nSPS) is 10.8. The van der Waals surface area contributed by atoms with Gasteiger partial charge >= 0.3 is 0 Å². The van der Waals surface area contributed by atoms with Crippen LogP contribution in [0.5, 0.6) is 0 Å². The van der Waals surface area contributed by atoms with Crippen molar-refractivity contribution in [1.82, 2.24) is 14.7 Å². The summed E-state index contributed by atoms with van der Waals surface area (Å²) in [6.07, 6.45) is 1.98. The zero-order chi connectivity index (χ0) is 20.9. The molecule has 30 heavy (non-hydrogen) atoms. The van der Waals surface area contributed by atoms with Crippen molar-refractivity contribution in [2.45, 2.75) is 6.54 Å². The van der Waals surface area contributed by atoms with Crippen LogP contribution >= 0.6 is 11.3 Å². The molecule has 1 amide bonds. The number of benzene rings is 2. The van der Waals surface area contributed by atoms with Crippen LogP contribution in [0.1, 0.15) is 21.6 Å². The molecule has 0 aliphatic rings. The van der Waals surface area contributed by atoms with Gasteiger partial charge in [0.1, 0.15) is 0 Å². The number of nitrogens with two attached hydrogens (primary N) is 1. The second kappa shape index (κ2) is 8.88. The van der Waals surface area contributed by atoms with Gasteiger partial charge < -0.3 is 16.4 Å². The summed E-state index contributed by atoms with van der Waals surface area (Å²) < 4.78 is 2.06. The van der Waals surface area contributed by atoms with Crippen molar-refractivity contribution in [3.63, 3.8) is 0 Å². The fourth-order valence-corrected chi connectivity index (χ4v) is 3.98. The highest BCUT2D eigenvalue weighted by Crippen LogP contribution is 2.29. The van der Waals surface area contributed by atoms with Gasteiger partial charge in [0.05, 0.1) is 23.0 Å². The molecule has 8 heteroatoms. The Labute approximate surface area is 177 Å². The average molecular weight is 417 g/mol. The van der Waals surface area contributed by atoms with E-state index in [2.05, 4.69) is 26.5 Å². The predicted molar refractivity (Wildman–Crippen MR) is 118 cm³/mol. The van der Waals surface area contributed by atoms with Gasteiger partial charge in [0.25, 0.3) is 5.91 Å². The first-order chi connectivity index (χ1) is 14.7. The third-order valence-electron chi connectivity index (χ3n) is 4.64. The van der Waals surface area contributed by atoms with E-state index in [9.17, 15) is 4.79 Å². The van der Waals surface area contributed by atoms with Gasteiger partial charge in [0, 0.05) is 48.0 Å². The molecule has 0 spiro atoms. The van der Waals surface area contributed by atoms with Gasteiger partial charge in [-0.1, -0.05) is 18.2 Å². The Morgan fingerprint density at radius 1 is 1.20 bits per heavy atom. The Morgan fingerprint density at radius 2 is 2.00 bits per heavy atom. The van der Waals surface area contributed by atoms with Crippen molar-refractivity contribution < 1.29 is 4.79 Å². The molecule has 0 aliphatic carbocycles. The first-order valence-electron chi connectivity index (χ1n) is 9.47. The quantitative estimate of drug-likeness (QED) is 0.401. The monoisotopic (exact) mass is 416 g/mol. The van der Waals surface area contributed by atoms with E-state index in [1.807, 2.05) is 30.5 Å². The van der Waals surface area contributed by atoms with Crippen LogP contribution in [0, 0.1) is 11.3 Å². The van der Waals surface area contributed by atoms with Crippen molar-refractivity contribution in [2.75, 3.05) is 18.4 Å². The molecule has 150 valence electrons. The molecule has 4 rings (SSSR count). The van der Waals surface area contributed by atoms with E-state index in [-0.39, 0.29) is 5.91 Å². The Hall–Kier alpha value is -3.51. The maximum absolute atomic E-state index is 12.7. The number of carbonyl (C=O) groups excluding carboxylic acids is 1. The fraction of sp³-hybridized carbons (Fsp3) is 0.136. The molecule has 7 nitrogen and oxygen atoms in total. The molecule has 0 unspecified atom stereocenters. The highest BCUT2D eigenvalue weighted by molar-refractivity contribution is 7.15. The first kappa shape index (κ1) is 19.8. The molecular weight excluding hydrogens is 396 g/mol. The Balaban J connectivity index is 1.60. The van der Waals surface area contributed by atoms with E-state index in [4.69, 9.17) is 16.0 Å². The lowest BCUT2D eigenvalue weighted by Crippen LogP contribution is -2.22. The van der Waals surface area contributed by atoms with E-state index in [1.54, 1.807) is 35.6 Å². The smallest absolute Gasteiger partial charge is 0.255 e. The van der Waals surface area contributed by atoms with Crippen molar-refractivity contribution >= 4 is 27.9 Å². The zero-order valence-corrected chi connectivity index (χ0v) is 16.9. The number of para-hydroxylation sites is 1. The van der Waals surface area contributed by atoms with Crippen LogP contribution in [-0.2, 0) is 6.54 Å². The van der Waals surface area contributed by atoms with Crippen molar-refractivity contribution in [3.8, 4) is 17.3 Å². The molecule has 2 heterocycles. The summed E-state index contributed by atoms with van der Waals surface area (Å²) in [5, 5.41) is 17.3. The van der Waals surface area contributed by atoms with Gasteiger partial charge in [0.15, 0.2) is 4.96 Å². The van der Waals surface area contributed by atoms with Crippen LogP contribution in [0.4, 0.5) is 5.69 Å². The van der Waals surface area contributed by atoms with E-state index in [1.165, 1.54) is 0 Å². The highest BCUT2D eigenvalue weighted by Gasteiger charge is 2.14. The summed E-state index contributed by atoms with van der Waals surface area (Å²) in [6.45, 7) is 2.06. The fourth-order valence-electron chi connectivity index (χ4n) is 3.11. The second-order valence-corrected chi connectivity index (χ2v) is 7.50. The molecule has 2 aromatic heterocycles. The number of nitriles is 1. The number of nitrogens with zero attached hydrogens (tertiary/aromatic N) is 3. The minimum Gasteiger partial charge on any atom is -0.329 e. The number of anilines is 1. The van der Waals surface area contributed by atoms with E-state index in [0.29, 0.717) is 29.9 Å². The number of hydrogen-bond donors (Lipinski definition) is 3. The molecule has 4 N–H and O–H groups in total. The lowest BCUT2D eigenvalue weighted by Gasteiger charge is -2.09. The number of nitrogens with one attached hydrogen (secondary N) is 2. The molecule has 0 bridgehead atoms. The minimum atomic E-state index is -0.236. The van der Waals surface area contributed by atoms with Crippen LogP contribution in [0.15, 0.2) is 60.1 Å². The molecule has 0 radical (unpaired) electrons. The number of amides is 1. The first-order valence-corrected chi connectivity index (χ1v) is 10.3. The SMILES string of the molecule is N#Cc1ccc(C(=O)Nc2ccccc2-c2cn3c(CNCCN)csc3n2)cc1. The number of fused-ring (bicyclic) bond motifs is 1. The Bertz CT molecular complexity index is 1220. The Morgan fingerprint density at radius 3 is 2.77 bits per heavy atom. The van der Waals surface area contributed by atoms with E-state index in [0.717, 1.165) is 28.5 Å². The number of imidazole rings is 1. The van der Waals surface area contributed by atoms with Gasteiger partial charge in [-0.2, -0.15) is 5.26 Å². The van der Waals surface area contributed by atoms with Gasteiger partial charge in [-0.05, 0) is 30.3 Å². The number of carbonyl (C=O) groups is 1. The van der Waals surface area contributed by atoms with E-state index < -0.39 is 0 Å². The molecule has 0 saturated heterocycles. The molecule has 0 fully saturated rings. The third-order valence-corrected chi connectivity index (χ3v) is 5.53. The summed E-state index contributed by atoms with van der Waals surface area (Å²) in [5.41, 5.74) is 9.98. The Kier molecular flexibility index (Phi) is 5.86. The standard InChI is InChI=1S/C22H20N6OS/c23-9-10-25-12-17-14-30-22-27-20(13-28(17)22)18-3-1-2-4-19(18)26-21(29)16-7-5-15(11-24)6-8-16/h1-8,13-14,25H,9-10,12,23H2,(H,26,29). The predicted octanol–water partition coefficient (Wildman–Crippen LogP) is 3.24. The van der Waals surface area contributed by atoms with Crippen LogP contribution in [0.3, 0.4) is 0 Å². The van der Waals surface area contributed by atoms with Gasteiger partial charge in [-0.3, -0.25) is 9.20 Å². The van der Waals surface area contributed by atoms with Crippen molar-refractivity contribution in [1.29, 1.82) is 5.26 Å². The topological polar surface area (TPSA) is 108 Å². The largest absolute Gasteiger partial charge is 0.329 e. The summed E-state index contributed by atoms with van der Waals surface area (Å²) in [6, 6.07) is 16.2. The minimum absolute atomic E-state index is 0.236. The number of aromatic nitrogens is 2.